The number of carbonyl (C=O) groups is 1. The molecule has 0 fully saturated rings. The number of sulfone groups is 1. The van der Waals surface area contributed by atoms with Gasteiger partial charge in [0.25, 0.3) is 5.56 Å². The molecule has 4 rings (SSSR count). The van der Waals surface area contributed by atoms with Crippen molar-refractivity contribution in [3.63, 3.8) is 0 Å². The van der Waals surface area contributed by atoms with Gasteiger partial charge in [-0.25, -0.2) is 8.42 Å². The molecule has 0 unspecified atom stereocenters. The molecule has 30 heavy (non-hydrogen) atoms. The van der Waals surface area contributed by atoms with E-state index < -0.39 is 27.4 Å². The van der Waals surface area contributed by atoms with Crippen molar-refractivity contribution in [2.75, 3.05) is 0 Å². The van der Waals surface area contributed by atoms with Crippen LogP contribution in [0.25, 0.3) is 0 Å². The van der Waals surface area contributed by atoms with Crippen molar-refractivity contribution in [3.05, 3.63) is 94.4 Å². The lowest BCUT2D eigenvalue weighted by Gasteiger charge is -2.41. The predicted octanol–water partition coefficient (Wildman–Crippen LogP) is 2.85. The molecule has 1 aromatic heterocycles. The smallest absolute Gasteiger partial charge is 0.251 e. The number of hydrogen-bond donors (Lipinski definition) is 1. The zero-order valence-electron chi connectivity index (χ0n) is 16.5. The highest BCUT2D eigenvalue weighted by Crippen LogP contribution is 2.43. The molecule has 1 N–H and O–H groups in total. The van der Waals surface area contributed by atoms with Gasteiger partial charge in [0, 0.05) is 17.8 Å². The standard InChI is InChI=1S/C23H21NO5S/c1-23(2)21(26)17-12-11-16(30(28,29)15-8-4-3-5-9-15)14-18(17)20(22(23)27)24-13-7-6-10-19(24)25/h3-14,20,22,27H,1-2H3/t20-,22+/m1/s1. The Morgan fingerprint density at radius 1 is 0.900 bits per heavy atom. The summed E-state index contributed by atoms with van der Waals surface area (Å²) in [6.07, 6.45) is 0.317. The molecule has 0 bridgehead atoms. The normalized spacial score (nSPS) is 20.6. The van der Waals surface area contributed by atoms with Crippen molar-refractivity contribution < 1.29 is 18.3 Å². The first-order valence-electron chi connectivity index (χ1n) is 9.50. The first-order chi connectivity index (χ1) is 14.2. The second-order valence-corrected chi connectivity index (χ2v) is 9.90. The Balaban J connectivity index is 1.98. The molecular formula is C23H21NO5S. The fourth-order valence-electron chi connectivity index (χ4n) is 3.91. The lowest BCUT2D eigenvalue weighted by Crippen LogP contribution is -2.49. The van der Waals surface area contributed by atoms with Crippen LogP contribution in [0.3, 0.4) is 0 Å². The number of nitrogens with zero attached hydrogens (tertiary/aromatic N) is 1. The van der Waals surface area contributed by atoms with E-state index in [4.69, 9.17) is 0 Å². The molecule has 1 aliphatic rings. The SMILES string of the molecule is CC1(C)C(=O)c2ccc(S(=O)(=O)c3ccccc3)cc2[C@@H](n2ccccc2=O)[C@@H]1O. The quantitative estimate of drug-likeness (QED) is 0.699. The van der Waals surface area contributed by atoms with E-state index in [0.717, 1.165) is 0 Å². The molecule has 0 amide bonds. The monoisotopic (exact) mass is 423 g/mol. The Kier molecular flexibility index (Phi) is 4.75. The van der Waals surface area contributed by atoms with Crippen LogP contribution < -0.4 is 5.56 Å². The van der Waals surface area contributed by atoms with Crippen molar-refractivity contribution >= 4 is 15.6 Å². The van der Waals surface area contributed by atoms with Gasteiger partial charge in [0.15, 0.2) is 5.78 Å². The number of pyridine rings is 1. The summed E-state index contributed by atoms with van der Waals surface area (Å²) >= 11 is 0. The zero-order valence-corrected chi connectivity index (χ0v) is 17.3. The number of aromatic nitrogens is 1. The van der Waals surface area contributed by atoms with Gasteiger partial charge in [0.05, 0.1) is 27.4 Å². The van der Waals surface area contributed by atoms with Gasteiger partial charge in [0.1, 0.15) is 0 Å². The third kappa shape index (κ3) is 3.02. The van der Waals surface area contributed by atoms with E-state index in [1.807, 2.05) is 0 Å². The van der Waals surface area contributed by atoms with E-state index in [1.54, 1.807) is 44.2 Å². The highest BCUT2D eigenvalue weighted by atomic mass is 32.2. The first-order valence-corrected chi connectivity index (χ1v) is 11.0. The van der Waals surface area contributed by atoms with E-state index in [0.29, 0.717) is 11.1 Å². The molecule has 0 radical (unpaired) electrons. The van der Waals surface area contributed by atoms with Crippen molar-refractivity contribution in [1.82, 2.24) is 4.57 Å². The van der Waals surface area contributed by atoms with Crippen LogP contribution in [0.2, 0.25) is 0 Å². The largest absolute Gasteiger partial charge is 0.390 e. The summed E-state index contributed by atoms with van der Waals surface area (Å²) in [4.78, 5) is 25.7. The van der Waals surface area contributed by atoms with E-state index >= 15 is 0 Å². The average Bonchev–Trinajstić information content (AvgIpc) is 2.74. The van der Waals surface area contributed by atoms with Crippen molar-refractivity contribution in [2.45, 2.75) is 35.8 Å². The molecule has 2 atom stereocenters. The molecule has 1 heterocycles. The Morgan fingerprint density at radius 3 is 2.23 bits per heavy atom. The number of aliphatic hydroxyl groups excluding tert-OH is 1. The zero-order chi connectivity index (χ0) is 21.7. The third-order valence-electron chi connectivity index (χ3n) is 5.72. The number of carbonyl (C=O) groups excluding carboxylic acids is 1. The lowest BCUT2D eigenvalue weighted by atomic mass is 9.68. The maximum absolute atomic E-state index is 13.1. The Hall–Kier alpha value is -3.03. The van der Waals surface area contributed by atoms with Crippen LogP contribution in [0.15, 0.2) is 87.5 Å². The van der Waals surface area contributed by atoms with Gasteiger partial charge in [-0.1, -0.05) is 24.3 Å². The lowest BCUT2D eigenvalue weighted by molar-refractivity contribution is 0.0133. The topological polar surface area (TPSA) is 93.4 Å². The summed E-state index contributed by atoms with van der Waals surface area (Å²) in [5.74, 6) is -0.297. The van der Waals surface area contributed by atoms with Gasteiger partial charge < -0.3 is 9.67 Å². The summed E-state index contributed by atoms with van der Waals surface area (Å²) in [6.45, 7) is 3.25. The van der Waals surface area contributed by atoms with Gasteiger partial charge in [-0.05, 0) is 55.8 Å². The van der Waals surface area contributed by atoms with E-state index in [2.05, 4.69) is 0 Å². The van der Waals surface area contributed by atoms with Crippen molar-refractivity contribution in [2.24, 2.45) is 5.41 Å². The number of hydrogen-bond acceptors (Lipinski definition) is 5. The molecular weight excluding hydrogens is 402 g/mol. The number of benzene rings is 2. The highest BCUT2D eigenvalue weighted by molar-refractivity contribution is 7.91. The van der Waals surface area contributed by atoms with Gasteiger partial charge in [-0.3, -0.25) is 9.59 Å². The average molecular weight is 423 g/mol. The van der Waals surface area contributed by atoms with Crippen LogP contribution in [0.1, 0.15) is 35.8 Å². The molecule has 0 spiro atoms. The van der Waals surface area contributed by atoms with Gasteiger partial charge in [-0.2, -0.15) is 0 Å². The minimum Gasteiger partial charge on any atom is -0.390 e. The molecule has 1 aliphatic carbocycles. The second-order valence-electron chi connectivity index (χ2n) is 7.95. The van der Waals surface area contributed by atoms with Gasteiger partial charge in [-0.15, -0.1) is 0 Å². The summed E-state index contributed by atoms with van der Waals surface area (Å²) in [5, 5.41) is 11.1. The van der Waals surface area contributed by atoms with Crippen LogP contribution in [0.5, 0.6) is 0 Å². The Morgan fingerprint density at radius 2 is 1.57 bits per heavy atom. The fraction of sp³-hybridized carbons (Fsp3) is 0.217. The Bertz CT molecular complexity index is 1290. The molecule has 0 aliphatic heterocycles. The molecule has 154 valence electrons. The maximum Gasteiger partial charge on any atom is 0.251 e. The number of Topliss-reactive ketones (excluding diaryl/α,β-unsaturated/α-hetero) is 1. The van der Waals surface area contributed by atoms with Crippen LogP contribution in [0.4, 0.5) is 0 Å². The number of ketones is 1. The third-order valence-corrected chi connectivity index (χ3v) is 7.49. The summed E-state index contributed by atoms with van der Waals surface area (Å²) in [6, 6.07) is 16.0. The van der Waals surface area contributed by atoms with Crippen LogP contribution >= 0.6 is 0 Å². The summed E-state index contributed by atoms with van der Waals surface area (Å²) in [5.41, 5.74) is -0.878. The first kappa shape index (κ1) is 20.3. The highest BCUT2D eigenvalue weighted by Gasteiger charge is 2.48. The molecule has 6 nitrogen and oxygen atoms in total. The summed E-state index contributed by atoms with van der Waals surface area (Å²) < 4.78 is 27.6. The number of rotatable bonds is 3. The van der Waals surface area contributed by atoms with E-state index in [9.17, 15) is 23.1 Å². The van der Waals surface area contributed by atoms with Crippen molar-refractivity contribution in [3.8, 4) is 0 Å². The van der Waals surface area contributed by atoms with Crippen LogP contribution in [-0.2, 0) is 9.84 Å². The second kappa shape index (κ2) is 7.04. The van der Waals surface area contributed by atoms with Crippen LogP contribution in [-0.4, -0.2) is 30.0 Å². The molecule has 0 saturated heterocycles. The van der Waals surface area contributed by atoms with E-state index in [1.165, 1.54) is 47.2 Å². The van der Waals surface area contributed by atoms with E-state index in [-0.39, 0.29) is 21.1 Å². The van der Waals surface area contributed by atoms with Crippen LogP contribution in [0, 0.1) is 5.41 Å². The van der Waals surface area contributed by atoms with Crippen molar-refractivity contribution in [1.29, 1.82) is 0 Å². The predicted molar refractivity (Wildman–Crippen MR) is 111 cm³/mol. The summed E-state index contributed by atoms with van der Waals surface area (Å²) in [7, 11) is -3.83. The minimum atomic E-state index is -3.83. The molecule has 2 aromatic carbocycles. The molecule has 3 aromatic rings. The Labute approximate surface area is 174 Å². The number of fused-ring (bicyclic) bond motifs is 1. The maximum atomic E-state index is 13.1. The van der Waals surface area contributed by atoms with Gasteiger partial charge in [0.2, 0.25) is 9.84 Å². The molecule has 7 heteroatoms. The van der Waals surface area contributed by atoms with Gasteiger partial charge >= 0.3 is 0 Å². The number of aliphatic hydroxyl groups is 1. The minimum absolute atomic E-state index is 0.00105. The molecule has 0 saturated carbocycles. The fourth-order valence-corrected chi connectivity index (χ4v) is 5.23.